The number of esters is 1. The van der Waals surface area contributed by atoms with E-state index in [1.165, 1.54) is 36.4 Å². The number of ether oxygens (including phenoxy) is 1. The summed E-state index contributed by atoms with van der Waals surface area (Å²) in [6.45, 7) is 1.56. The van der Waals surface area contributed by atoms with Gasteiger partial charge in [0.15, 0.2) is 20.5 Å². The van der Waals surface area contributed by atoms with Gasteiger partial charge in [-0.05, 0) is 31.2 Å². The van der Waals surface area contributed by atoms with Crippen LogP contribution in [0.15, 0.2) is 53.4 Å². The number of carbonyl (C=O) groups is 1. The minimum absolute atomic E-state index is 0.00384. The van der Waals surface area contributed by atoms with Gasteiger partial charge in [-0.3, -0.25) is 0 Å². The van der Waals surface area contributed by atoms with Gasteiger partial charge in [0.1, 0.15) is 15.7 Å². The first-order chi connectivity index (χ1) is 16.9. The number of halogens is 4. The normalized spacial score (nSPS) is 12.1. The van der Waals surface area contributed by atoms with E-state index in [1.54, 1.807) is 13.0 Å². The number of carbonyl (C=O) groups excluding carboxylic acids is 1. The van der Waals surface area contributed by atoms with Gasteiger partial charge < -0.3 is 4.74 Å². The standard InChI is InChI=1S/C22H16ClF3N4O4S2/c1-3-34-21(31)17-16(23)18(30(29-17)15-10-5-4-9-14(15)22(24,25)26)20-28-27-19(35-20)12-7-6-8-13(11-12)36(2,32)33/h4-11H,3H2,1-2H3. The van der Waals surface area contributed by atoms with Crippen molar-refractivity contribution in [3.63, 3.8) is 0 Å². The highest BCUT2D eigenvalue weighted by Gasteiger charge is 2.36. The van der Waals surface area contributed by atoms with Crippen molar-refractivity contribution in [2.45, 2.75) is 18.0 Å². The van der Waals surface area contributed by atoms with Gasteiger partial charge in [0.05, 0.1) is 22.8 Å². The Bertz CT molecular complexity index is 1570. The van der Waals surface area contributed by atoms with E-state index in [1.807, 2.05) is 0 Å². The van der Waals surface area contributed by atoms with Crippen LogP contribution in [0.25, 0.3) is 27.0 Å². The number of para-hydroxylation sites is 1. The highest BCUT2D eigenvalue weighted by Crippen LogP contribution is 2.40. The van der Waals surface area contributed by atoms with Crippen LogP contribution in [0.5, 0.6) is 0 Å². The fourth-order valence-corrected chi connectivity index (χ4v) is 5.16. The first-order valence-electron chi connectivity index (χ1n) is 10.2. The summed E-state index contributed by atoms with van der Waals surface area (Å²) >= 11 is 7.38. The van der Waals surface area contributed by atoms with E-state index in [-0.39, 0.29) is 43.6 Å². The van der Waals surface area contributed by atoms with Crippen molar-refractivity contribution in [2.24, 2.45) is 0 Å². The first kappa shape index (κ1) is 25.8. The summed E-state index contributed by atoms with van der Waals surface area (Å²) in [7, 11) is -3.50. The fourth-order valence-electron chi connectivity index (χ4n) is 3.28. The number of rotatable bonds is 6. The van der Waals surface area contributed by atoms with Crippen LogP contribution < -0.4 is 0 Å². The van der Waals surface area contributed by atoms with Crippen LogP contribution in [0.4, 0.5) is 13.2 Å². The molecule has 36 heavy (non-hydrogen) atoms. The summed E-state index contributed by atoms with van der Waals surface area (Å²) in [4.78, 5) is 12.5. The van der Waals surface area contributed by atoms with Gasteiger partial charge in [-0.2, -0.15) is 18.3 Å². The van der Waals surface area contributed by atoms with Gasteiger partial charge in [0, 0.05) is 11.8 Å². The van der Waals surface area contributed by atoms with E-state index >= 15 is 0 Å². The quantitative estimate of drug-likeness (QED) is 0.296. The minimum atomic E-state index is -4.73. The molecule has 4 rings (SSSR count). The Morgan fingerprint density at radius 3 is 2.47 bits per heavy atom. The van der Waals surface area contributed by atoms with E-state index in [9.17, 15) is 26.4 Å². The maximum atomic E-state index is 13.8. The maximum absolute atomic E-state index is 13.8. The van der Waals surface area contributed by atoms with Gasteiger partial charge in [0.25, 0.3) is 0 Å². The number of alkyl halides is 3. The molecule has 0 aliphatic heterocycles. The van der Waals surface area contributed by atoms with Crippen LogP contribution in [0.2, 0.25) is 5.02 Å². The van der Waals surface area contributed by atoms with Crippen LogP contribution in [0.3, 0.4) is 0 Å². The van der Waals surface area contributed by atoms with Crippen LogP contribution in [-0.2, 0) is 20.8 Å². The number of nitrogens with zero attached hydrogens (tertiary/aromatic N) is 4. The van der Waals surface area contributed by atoms with Crippen molar-refractivity contribution in [2.75, 3.05) is 12.9 Å². The third-order valence-electron chi connectivity index (χ3n) is 4.87. The Balaban J connectivity index is 1.92. The van der Waals surface area contributed by atoms with Gasteiger partial charge >= 0.3 is 12.1 Å². The number of sulfone groups is 1. The third kappa shape index (κ3) is 4.99. The topological polar surface area (TPSA) is 104 Å². The largest absolute Gasteiger partial charge is 0.461 e. The zero-order chi connectivity index (χ0) is 26.3. The minimum Gasteiger partial charge on any atom is -0.461 e. The molecule has 2 aromatic carbocycles. The Morgan fingerprint density at radius 1 is 1.11 bits per heavy atom. The second-order valence-corrected chi connectivity index (χ2v) is 10.7. The molecule has 0 radical (unpaired) electrons. The lowest BCUT2D eigenvalue weighted by atomic mass is 10.1. The van der Waals surface area contributed by atoms with E-state index in [0.29, 0.717) is 5.56 Å². The van der Waals surface area contributed by atoms with Crippen molar-refractivity contribution in [3.8, 4) is 27.0 Å². The van der Waals surface area contributed by atoms with Gasteiger partial charge in [-0.25, -0.2) is 17.9 Å². The van der Waals surface area contributed by atoms with Gasteiger partial charge in [-0.15, -0.1) is 10.2 Å². The SMILES string of the molecule is CCOC(=O)c1nn(-c2ccccc2C(F)(F)F)c(-c2nnc(-c3cccc(S(C)(=O)=O)c3)s2)c1Cl. The molecular weight excluding hydrogens is 541 g/mol. The lowest BCUT2D eigenvalue weighted by Crippen LogP contribution is -2.13. The molecule has 4 aromatic rings. The van der Waals surface area contributed by atoms with E-state index in [0.717, 1.165) is 28.3 Å². The van der Waals surface area contributed by atoms with Crippen LogP contribution in [-0.4, -0.2) is 47.2 Å². The summed E-state index contributed by atoms with van der Waals surface area (Å²) in [6.07, 6.45) is -3.67. The summed E-state index contributed by atoms with van der Waals surface area (Å²) < 4.78 is 71.0. The molecule has 188 valence electrons. The lowest BCUT2D eigenvalue weighted by molar-refractivity contribution is -0.137. The summed E-state index contributed by atoms with van der Waals surface area (Å²) in [5.74, 6) is -0.919. The molecule has 0 saturated carbocycles. The molecule has 0 saturated heterocycles. The number of aromatic nitrogens is 4. The number of hydrogen-bond acceptors (Lipinski definition) is 8. The molecule has 8 nitrogen and oxygen atoms in total. The molecule has 0 spiro atoms. The zero-order valence-electron chi connectivity index (χ0n) is 18.6. The highest BCUT2D eigenvalue weighted by molar-refractivity contribution is 7.90. The van der Waals surface area contributed by atoms with E-state index < -0.39 is 27.5 Å². The average molecular weight is 557 g/mol. The summed E-state index contributed by atoms with van der Waals surface area (Å²) in [6, 6.07) is 10.6. The van der Waals surface area contributed by atoms with Crippen molar-refractivity contribution in [3.05, 3.63) is 64.8 Å². The number of benzene rings is 2. The molecule has 0 amide bonds. The molecule has 2 heterocycles. The van der Waals surface area contributed by atoms with Crippen molar-refractivity contribution in [1.29, 1.82) is 0 Å². The molecule has 0 unspecified atom stereocenters. The highest BCUT2D eigenvalue weighted by atomic mass is 35.5. The predicted octanol–water partition coefficient (Wildman–Crippen LogP) is 5.31. The monoisotopic (exact) mass is 556 g/mol. The number of hydrogen-bond donors (Lipinski definition) is 0. The van der Waals surface area contributed by atoms with Gasteiger partial charge in [-0.1, -0.05) is 47.2 Å². The molecule has 2 aromatic heterocycles. The molecule has 0 aliphatic rings. The first-order valence-corrected chi connectivity index (χ1v) is 13.3. The molecule has 0 aliphatic carbocycles. The van der Waals surface area contributed by atoms with Crippen LogP contribution in [0, 0.1) is 0 Å². The van der Waals surface area contributed by atoms with E-state index in [4.69, 9.17) is 16.3 Å². The molecular formula is C22H16ClF3N4O4S2. The van der Waals surface area contributed by atoms with Crippen molar-refractivity contribution < 1.29 is 31.1 Å². The Hall–Kier alpha value is -3.29. The maximum Gasteiger partial charge on any atom is 0.418 e. The fraction of sp³-hybridized carbons (Fsp3) is 0.182. The van der Waals surface area contributed by atoms with Crippen LogP contribution >= 0.6 is 22.9 Å². The third-order valence-corrected chi connectivity index (χ3v) is 7.32. The molecule has 14 heteroatoms. The van der Waals surface area contributed by atoms with Crippen molar-refractivity contribution in [1.82, 2.24) is 20.0 Å². The smallest absolute Gasteiger partial charge is 0.418 e. The van der Waals surface area contributed by atoms with Crippen molar-refractivity contribution >= 4 is 38.7 Å². The Kier molecular flexibility index (Phi) is 6.90. The molecule has 0 bridgehead atoms. The molecule has 0 fully saturated rings. The van der Waals surface area contributed by atoms with E-state index in [2.05, 4.69) is 15.3 Å². The second kappa shape index (κ2) is 9.64. The average Bonchev–Trinajstić information content (AvgIpc) is 3.43. The Morgan fingerprint density at radius 2 is 1.81 bits per heavy atom. The van der Waals surface area contributed by atoms with Crippen LogP contribution in [0.1, 0.15) is 23.0 Å². The molecule has 0 atom stereocenters. The Labute approximate surface area is 212 Å². The lowest BCUT2D eigenvalue weighted by Gasteiger charge is -2.14. The predicted molar refractivity (Wildman–Crippen MR) is 127 cm³/mol. The summed E-state index contributed by atoms with van der Waals surface area (Å²) in [5.41, 5.74) is -1.45. The summed E-state index contributed by atoms with van der Waals surface area (Å²) in [5, 5.41) is 12.2. The van der Waals surface area contributed by atoms with Gasteiger partial charge in [0.2, 0.25) is 0 Å². The second-order valence-electron chi connectivity index (χ2n) is 7.37. The zero-order valence-corrected chi connectivity index (χ0v) is 21.0. The molecule has 0 N–H and O–H groups in total.